The van der Waals surface area contributed by atoms with Crippen LogP contribution < -0.4 is 4.74 Å². The number of amides is 1. The number of sulfonamides is 1. The van der Waals surface area contributed by atoms with Crippen molar-refractivity contribution in [1.82, 2.24) is 14.1 Å². The van der Waals surface area contributed by atoms with E-state index >= 15 is 0 Å². The molecular formula is C23H28ClN3O4S. The molecule has 1 saturated heterocycles. The molecule has 2 heterocycles. The first-order chi connectivity index (χ1) is 15.4. The van der Waals surface area contributed by atoms with E-state index in [0.29, 0.717) is 38.3 Å². The van der Waals surface area contributed by atoms with Gasteiger partial charge in [0.25, 0.3) is 5.91 Å². The molecule has 0 aromatic heterocycles. The van der Waals surface area contributed by atoms with Crippen LogP contribution in [0.4, 0.5) is 0 Å². The van der Waals surface area contributed by atoms with Crippen molar-refractivity contribution in [2.75, 3.05) is 45.9 Å². The van der Waals surface area contributed by atoms with Crippen LogP contribution in [0.5, 0.6) is 5.75 Å². The zero-order valence-electron chi connectivity index (χ0n) is 18.2. The van der Waals surface area contributed by atoms with E-state index in [2.05, 4.69) is 11.8 Å². The summed E-state index contributed by atoms with van der Waals surface area (Å²) in [5.41, 5.74) is 2.20. The fraction of sp³-hybridized carbons (Fsp3) is 0.435. The molecule has 0 N–H and O–H groups in total. The third kappa shape index (κ3) is 4.93. The summed E-state index contributed by atoms with van der Waals surface area (Å²) in [6.45, 7) is 6.81. The summed E-state index contributed by atoms with van der Waals surface area (Å²) in [6.07, 6.45) is 0.680. The number of benzene rings is 2. The highest BCUT2D eigenvalue weighted by atomic mass is 35.5. The van der Waals surface area contributed by atoms with Gasteiger partial charge in [-0.05, 0) is 42.3 Å². The molecule has 0 radical (unpaired) electrons. The van der Waals surface area contributed by atoms with Gasteiger partial charge in [0.15, 0.2) is 6.61 Å². The summed E-state index contributed by atoms with van der Waals surface area (Å²) in [5, 5.41) is 0.173. The van der Waals surface area contributed by atoms with Crippen LogP contribution in [0.1, 0.15) is 18.1 Å². The summed E-state index contributed by atoms with van der Waals surface area (Å²) in [5.74, 6) is 0.204. The number of ether oxygens (including phenoxy) is 1. The molecule has 0 saturated carbocycles. The number of fused-ring (bicyclic) bond motifs is 1. The first-order valence-corrected chi connectivity index (χ1v) is 12.7. The number of likely N-dealkylation sites (N-methyl/N-ethyl adjacent to an activating group) is 1. The zero-order chi connectivity index (χ0) is 22.7. The van der Waals surface area contributed by atoms with Gasteiger partial charge < -0.3 is 14.5 Å². The lowest BCUT2D eigenvalue weighted by Crippen LogP contribution is -2.49. The normalized spacial score (nSPS) is 17.8. The minimum Gasteiger partial charge on any atom is -0.482 e. The Hall–Kier alpha value is -2.13. The molecule has 0 spiro atoms. The van der Waals surface area contributed by atoms with Crippen LogP contribution in [-0.4, -0.2) is 74.3 Å². The Kier molecular flexibility index (Phi) is 7.05. The Morgan fingerprint density at radius 1 is 1.03 bits per heavy atom. The molecule has 1 amide bonds. The van der Waals surface area contributed by atoms with E-state index in [1.807, 2.05) is 24.3 Å². The molecule has 1 fully saturated rings. The molecule has 7 nitrogen and oxygen atoms in total. The van der Waals surface area contributed by atoms with E-state index in [-0.39, 0.29) is 22.4 Å². The largest absolute Gasteiger partial charge is 0.482 e. The maximum absolute atomic E-state index is 13.1. The van der Waals surface area contributed by atoms with Crippen molar-refractivity contribution in [3.05, 3.63) is 58.6 Å². The number of hydrogen-bond acceptors (Lipinski definition) is 5. The molecule has 2 aliphatic rings. The van der Waals surface area contributed by atoms with Crippen LogP contribution in [0.25, 0.3) is 0 Å². The van der Waals surface area contributed by atoms with Crippen molar-refractivity contribution < 1.29 is 17.9 Å². The monoisotopic (exact) mass is 477 g/mol. The van der Waals surface area contributed by atoms with Gasteiger partial charge in [0.1, 0.15) is 5.75 Å². The minimum atomic E-state index is -3.69. The maximum atomic E-state index is 13.1. The molecule has 2 aromatic carbocycles. The lowest BCUT2D eigenvalue weighted by molar-refractivity contribution is -0.135. The predicted molar refractivity (Wildman–Crippen MR) is 123 cm³/mol. The van der Waals surface area contributed by atoms with Gasteiger partial charge in [0, 0.05) is 39.3 Å². The van der Waals surface area contributed by atoms with E-state index in [1.165, 1.54) is 28.1 Å². The molecule has 9 heteroatoms. The molecular weight excluding hydrogens is 450 g/mol. The van der Waals surface area contributed by atoms with Crippen molar-refractivity contribution in [2.45, 2.75) is 24.8 Å². The summed E-state index contributed by atoms with van der Waals surface area (Å²) in [7, 11) is -3.69. The quantitative estimate of drug-likeness (QED) is 0.639. The van der Waals surface area contributed by atoms with Gasteiger partial charge in [0.05, 0.1) is 9.92 Å². The standard InChI is InChI=1S/C23H28ClN3O4S/c1-2-25-11-13-26(14-12-25)23(28)17-31-22-8-7-20(15-21(22)24)32(29,30)27-10-9-18-5-3-4-6-19(18)16-27/h3-8,15H,2,9-14,16-17H2,1H3. The molecule has 32 heavy (non-hydrogen) atoms. The van der Waals surface area contributed by atoms with E-state index in [9.17, 15) is 13.2 Å². The lowest BCUT2D eigenvalue weighted by Gasteiger charge is -2.34. The van der Waals surface area contributed by atoms with Crippen molar-refractivity contribution in [3.8, 4) is 5.75 Å². The van der Waals surface area contributed by atoms with E-state index < -0.39 is 10.0 Å². The van der Waals surface area contributed by atoms with Crippen LogP contribution in [0.15, 0.2) is 47.4 Å². The summed E-state index contributed by atoms with van der Waals surface area (Å²) < 4.78 is 33.4. The minimum absolute atomic E-state index is 0.0968. The second-order valence-electron chi connectivity index (χ2n) is 8.05. The Balaban J connectivity index is 1.39. The number of carbonyl (C=O) groups excluding carboxylic acids is 1. The van der Waals surface area contributed by atoms with E-state index in [1.54, 1.807) is 4.90 Å². The highest BCUT2D eigenvalue weighted by Gasteiger charge is 2.29. The highest BCUT2D eigenvalue weighted by Crippen LogP contribution is 2.31. The highest BCUT2D eigenvalue weighted by molar-refractivity contribution is 7.89. The Bertz CT molecular complexity index is 1080. The fourth-order valence-corrected chi connectivity index (χ4v) is 5.87. The first kappa shape index (κ1) is 23.0. The molecule has 2 aromatic rings. The Morgan fingerprint density at radius 3 is 2.44 bits per heavy atom. The number of nitrogens with zero attached hydrogens (tertiary/aromatic N) is 3. The summed E-state index contributed by atoms with van der Waals surface area (Å²) in [6, 6.07) is 12.3. The smallest absolute Gasteiger partial charge is 0.260 e. The fourth-order valence-electron chi connectivity index (χ4n) is 4.13. The molecule has 2 aliphatic heterocycles. The number of halogens is 1. The number of carbonyl (C=O) groups is 1. The van der Waals surface area contributed by atoms with Crippen molar-refractivity contribution in [3.63, 3.8) is 0 Å². The van der Waals surface area contributed by atoms with Gasteiger partial charge in [-0.3, -0.25) is 4.79 Å². The molecule has 0 unspecified atom stereocenters. The molecule has 172 valence electrons. The van der Waals surface area contributed by atoms with E-state index in [0.717, 1.165) is 25.2 Å². The molecule has 0 aliphatic carbocycles. The number of hydrogen-bond donors (Lipinski definition) is 0. The average molecular weight is 478 g/mol. The number of piperazine rings is 1. The van der Waals surface area contributed by atoms with Crippen LogP contribution in [0, 0.1) is 0 Å². The molecule has 0 atom stereocenters. The predicted octanol–water partition coefficient (Wildman–Crippen LogP) is 2.63. The summed E-state index contributed by atoms with van der Waals surface area (Å²) in [4.78, 5) is 16.6. The van der Waals surface area contributed by atoms with Gasteiger partial charge in [0.2, 0.25) is 10.0 Å². The van der Waals surface area contributed by atoms with Crippen LogP contribution in [-0.2, 0) is 27.8 Å². The Morgan fingerprint density at radius 2 is 1.75 bits per heavy atom. The van der Waals surface area contributed by atoms with Gasteiger partial charge in [-0.25, -0.2) is 8.42 Å². The topological polar surface area (TPSA) is 70.2 Å². The average Bonchev–Trinajstić information content (AvgIpc) is 2.82. The molecule has 4 rings (SSSR count). The third-order valence-corrected chi connectivity index (χ3v) is 8.30. The second kappa shape index (κ2) is 9.79. The van der Waals surface area contributed by atoms with Crippen molar-refractivity contribution in [1.29, 1.82) is 0 Å². The maximum Gasteiger partial charge on any atom is 0.260 e. The van der Waals surface area contributed by atoms with Crippen molar-refractivity contribution >= 4 is 27.5 Å². The second-order valence-corrected chi connectivity index (χ2v) is 10.4. The van der Waals surface area contributed by atoms with Crippen LogP contribution >= 0.6 is 11.6 Å². The Labute approximate surface area is 194 Å². The zero-order valence-corrected chi connectivity index (χ0v) is 19.7. The first-order valence-electron chi connectivity index (χ1n) is 10.9. The van der Waals surface area contributed by atoms with Gasteiger partial charge in [-0.15, -0.1) is 0 Å². The molecule has 0 bridgehead atoms. The summed E-state index contributed by atoms with van der Waals surface area (Å²) >= 11 is 6.32. The lowest BCUT2D eigenvalue weighted by atomic mass is 10.0. The van der Waals surface area contributed by atoms with Crippen LogP contribution in [0.3, 0.4) is 0 Å². The van der Waals surface area contributed by atoms with Crippen LogP contribution in [0.2, 0.25) is 5.02 Å². The number of rotatable bonds is 6. The van der Waals surface area contributed by atoms with Gasteiger partial charge in [-0.2, -0.15) is 4.31 Å². The van der Waals surface area contributed by atoms with Gasteiger partial charge in [-0.1, -0.05) is 42.8 Å². The van der Waals surface area contributed by atoms with Gasteiger partial charge >= 0.3 is 0 Å². The SMILES string of the molecule is CCN1CCN(C(=O)COc2ccc(S(=O)(=O)N3CCc4ccccc4C3)cc2Cl)CC1. The third-order valence-electron chi connectivity index (χ3n) is 6.16. The van der Waals surface area contributed by atoms with E-state index in [4.69, 9.17) is 16.3 Å². The van der Waals surface area contributed by atoms with Crippen molar-refractivity contribution in [2.24, 2.45) is 0 Å².